The van der Waals surface area contributed by atoms with E-state index in [0.717, 1.165) is 12.0 Å². The predicted octanol–water partition coefficient (Wildman–Crippen LogP) is 0.439. The number of aliphatic hydroxyl groups excluding tert-OH is 3. The van der Waals surface area contributed by atoms with Gasteiger partial charge in [0.05, 0.1) is 12.4 Å². The number of hydrogen-bond donors (Lipinski definition) is 3. The van der Waals surface area contributed by atoms with Gasteiger partial charge >= 0.3 is 0 Å². The van der Waals surface area contributed by atoms with E-state index in [9.17, 15) is 5.11 Å². The molecule has 3 nitrogen and oxygen atoms in total. The van der Waals surface area contributed by atoms with Gasteiger partial charge in [-0.2, -0.15) is 0 Å². The average Bonchev–Trinajstić information content (AvgIpc) is 2.58. The van der Waals surface area contributed by atoms with Crippen molar-refractivity contribution in [3.8, 4) is 0 Å². The number of allylic oxidation sites excluding steroid dienone is 1. The molecule has 2 aliphatic carbocycles. The van der Waals surface area contributed by atoms with Crippen molar-refractivity contribution < 1.29 is 15.3 Å². The van der Waals surface area contributed by atoms with Crippen LogP contribution in [0.25, 0.3) is 0 Å². The van der Waals surface area contributed by atoms with Crippen molar-refractivity contribution in [3.05, 3.63) is 11.3 Å². The Labute approximate surface area is 71.3 Å². The number of fused-ring (bicyclic) bond motifs is 2. The maximum Gasteiger partial charge on any atom is 0.0921 e. The third-order valence-electron chi connectivity index (χ3n) is 3.29. The molecule has 0 aliphatic heterocycles. The van der Waals surface area contributed by atoms with Crippen molar-refractivity contribution in [3.63, 3.8) is 0 Å². The van der Waals surface area contributed by atoms with Gasteiger partial charge in [-0.1, -0.05) is 0 Å². The molecule has 1 fully saturated rings. The Morgan fingerprint density at radius 2 is 1.92 bits per heavy atom. The SMILES string of the molecule is OCC1C2=C(O)CC(C2)C1CO. The van der Waals surface area contributed by atoms with E-state index in [0.29, 0.717) is 18.1 Å². The van der Waals surface area contributed by atoms with Crippen molar-refractivity contribution in [2.45, 2.75) is 12.8 Å². The molecule has 0 aromatic heterocycles. The summed E-state index contributed by atoms with van der Waals surface area (Å²) in [4.78, 5) is 0. The van der Waals surface area contributed by atoms with Crippen LogP contribution >= 0.6 is 0 Å². The summed E-state index contributed by atoms with van der Waals surface area (Å²) in [5.41, 5.74) is 0.988. The Kier molecular flexibility index (Phi) is 1.85. The molecule has 3 heteroatoms. The van der Waals surface area contributed by atoms with Crippen LogP contribution in [0, 0.1) is 17.8 Å². The van der Waals surface area contributed by atoms with Crippen molar-refractivity contribution >= 4 is 0 Å². The smallest absolute Gasteiger partial charge is 0.0921 e. The number of hydrogen-bond acceptors (Lipinski definition) is 3. The first-order valence-electron chi connectivity index (χ1n) is 4.40. The Morgan fingerprint density at radius 3 is 2.50 bits per heavy atom. The lowest BCUT2D eigenvalue weighted by atomic mass is 9.84. The molecule has 3 unspecified atom stereocenters. The molecule has 0 aromatic carbocycles. The van der Waals surface area contributed by atoms with Crippen LogP contribution in [0.5, 0.6) is 0 Å². The van der Waals surface area contributed by atoms with E-state index >= 15 is 0 Å². The molecule has 12 heavy (non-hydrogen) atoms. The molecular formula is C9H14O3. The normalized spacial score (nSPS) is 39.7. The summed E-state index contributed by atoms with van der Waals surface area (Å²) in [6, 6.07) is 0. The Morgan fingerprint density at radius 1 is 1.17 bits per heavy atom. The molecule has 0 radical (unpaired) electrons. The molecule has 0 aromatic rings. The number of aliphatic hydroxyl groups is 3. The molecule has 68 valence electrons. The summed E-state index contributed by atoms with van der Waals surface area (Å²) < 4.78 is 0. The first-order valence-corrected chi connectivity index (χ1v) is 4.40. The van der Waals surface area contributed by atoms with Crippen LogP contribution in [0.3, 0.4) is 0 Å². The van der Waals surface area contributed by atoms with E-state index in [1.54, 1.807) is 0 Å². The molecule has 0 amide bonds. The average molecular weight is 170 g/mol. The van der Waals surface area contributed by atoms with Gasteiger partial charge in [0.1, 0.15) is 0 Å². The molecular weight excluding hydrogens is 156 g/mol. The minimum atomic E-state index is 0.0220. The van der Waals surface area contributed by atoms with E-state index < -0.39 is 0 Å². The largest absolute Gasteiger partial charge is 0.512 e. The Hall–Kier alpha value is -0.540. The molecule has 2 bridgehead atoms. The highest BCUT2D eigenvalue weighted by atomic mass is 16.3. The zero-order valence-corrected chi connectivity index (χ0v) is 6.90. The van der Waals surface area contributed by atoms with E-state index in [4.69, 9.17) is 10.2 Å². The molecule has 3 atom stereocenters. The van der Waals surface area contributed by atoms with Gasteiger partial charge in [-0.3, -0.25) is 0 Å². The Balaban J connectivity index is 2.24. The van der Waals surface area contributed by atoms with Gasteiger partial charge in [-0.15, -0.1) is 0 Å². The second kappa shape index (κ2) is 2.75. The summed E-state index contributed by atoms with van der Waals surface area (Å²) >= 11 is 0. The van der Waals surface area contributed by atoms with E-state index in [1.807, 2.05) is 0 Å². The fourth-order valence-electron chi connectivity index (χ4n) is 2.63. The van der Waals surface area contributed by atoms with Gasteiger partial charge in [-0.25, -0.2) is 0 Å². The van der Waals surface area contributed by atoms with Crippen LogP contribution in [0.15, 0.2) is 11.3 Å². The molecule has 2 aliphatic rings. The second-order valence-corrected chi connectivity index (χ2v) is 3.78. The van der Waals surface area contributed by atoms with Gasteiger partial charge in [0.2, 0.25) is 0 Å². The summed E-state index contributed by atoms with van der Waals surface area (Å²) in [6.07, 6.45) is 1.58. The standard InChI is InChI=1S/C9H14O3/c10-3-7-5-1-6(8(7)4-11)9(12)2-5/h5,7-8,10-12H,1-4H2. The summed E-state index contributed by atoms with van der Waals surface area (Å²) in [7, 11) is 0. The predicted molar refractivity (Wildman–Crippen MR) is 43.5 cm³/mol. The fraction of sp³-hybridized carbons (Fsp3) is 0.778. The zero-order chi connectivity index (χ0) is 8.72. The van der Waals surface area contributed by atoms with Crippen LogP contribution in [-0.4, -0.2) is 28.5 Å². The van der Waals surface area contributed by atoms with Crippen LogP contribution in [0.4, 0.5) is 0 Å². The zero-order valence-electron chi connectivity index (χ0n) is 6.90. The quantitative estimate of drug-likeness (QED) is 0.563. The van der Waals surface area contributed by atoms with Crippen LogP contribution in [-0.2, 0) is 0 Å². The van der Waals surface area contributed by atoms with Crippen LogP contribution in [0.1, 0.15) is 12.8 Å². The van der Waals surface area contributed by atoms with Crippen LogP contribution in [0.2, 0.25) is 0 Å². The van der Waals surface area contributed by atoms with E-state index in [-0.39, 0.29) is 25.0 Å². The summed E-state index contributed by atoms with van der Waals surface area (Å²) in [5, 5.41) is 27.5. The maximum absolute atomic E-state index is 9.42. The molecule has 2 rings (SSSR count). The summed E-state index contributed by atoms with van der Waals surface area (Å²) in [5.74, 6) is 1.04. The van der Waals surface area contributed by atoms with E-state index in [2.05, 4.69) is 0 Å². The summed E-state index contributed by atoms with van der Waals surface area (Å²) in [6.45, 7) is 0.188. The van der Waals surface area contributed by atoms with Crippen molar-refractivity contribution in [2.24, 2.45) is 17.8 Å². The molecule has 3 N–H and O–H groups in total. The van der Waals surface area contributed by atoms with Gasteiger partial charge < -0.3 is 15.3 Å². The van der Waals surface area contributed by atoms with Crippen molar-refractivity contribution in [1.82, 2.24) is 0 Å². The minimum Gasteiger partial charge on any atom is -0.512 e. The minimum absolute atomic E-state index is 0.0220. The Bertz CT molecular complexity index is 222. The van der Waals surface area contributed by atoms with Gasteiger partial charge in [0.15, 0.2) is 0 Å². The lowest BCUT2D eigenvalue weighted by Crippen LogP contribution is -2.25. The van der Waals surface area contributed by atoms with Crippen LogP contribution < -0.4 is 0 Å². The molecule has 1 saturated carbocycles. The molecule has 0 spiro atoms. The van der Waals surface area contributed by atoms with Crippen molar-refractivity contribution in [1.29, 1.82) is 0 Å². The molecule has 0 heterocycles. The molecule has 0 saturated heterocycles. The van der Waals surface area contributed by atoms with Gasteiger partial charge in [0, 0.05) is 18.9 Å². The maximum atomic E-state index is 9.42. The first-order chi connectivity index (χ1) is 5.77. The lowest BCUT2D eigenvalue weighted by molar-refractivity contribution is 0.113. The van der Waals surface area contributed by atoms with E-state index in [1.165, 1.54) is 0 Å². The van der Waals surface area contributed by atoms with Crippen molar-refractivity contribution in [2.75, 3.05) is 13.2 Å². The topological polar surface area (TPSA) is 60.7 Å². The second-order valence-electron chi connectivity index (χ2n) is 3.78. The van der Waals surface area contributed by atoms with Gasteiger partial charge in [0.25, 0.3) is 0 Å². The first kappa shape index (κ1) is 8.08. The monoisotopic (exact) mass is 170 g/mol. The number of rotatable bonds is 2. The fourth-order valence-corrected chi connectivity index (χ4v) is 2.63. The third-order valence-corrected chi connectivity index (χ3v) is 3.29. The lowest BCUT2D eigenvalue weighted by Gasteiger charge is -2.24. The third kappa shape index (κ3) is 0.898. The highest BCUT2D eigenvalue weighted by Gasteiger charge is 2.45. The highest BCUT2D eigenvalue weighted by Crippen LogP contribution is 2.50. The van der Waals surface area contributed by atoms with Gasteiger partial charge in [-0.05, 0) is 23.8 Å². The highest BCUT2D eigenvalue weighted by molar-refractivity contribution is 5.26.